The molecule has 0 amide bonds. The molecule has 0 atom stereocenters. The molecule has 26 heavy (non-hydrogen) atoms. The number of rotatable bonds is 6. The van der Waals surface area contributed by atoms with E-state index in [0.717, 1.165) is 22.4 Å². The maximum absolute atomic E-state index is 12.9. The Morgan fingerprint density at radius 3 is 2.35 bits per heavy atom. The second-order valence-electron chi connectivity index (χ2n) is 5.71. The van der Waals surface area contributed by atoms with Crippen LogP contribution in [0.2, 0.25) is 5.02 Å². The minimum Gasteiger partial charge on any atom is -0.489 e. The lowest BCUT2D eigenvalue weighted by atomic mass is 10.2. The predicted molar refractivity (Wildman–Crippen MR) is 107 cm³/mol. The van der Waals surface area contributed by atoms with Gasteiger partial charge in [-0.3, -0.25) is 0 Å². The van der Waals surface area contributed by atoms with E-state index in [-0.39, 0.29) is 5.82 Å². The van der Waals surface area contributed by atoms with Crippen molar-refractivity contribution in [3.05, 3.63) is 100 Å². The van der Waals surface area contributed by atoms with Crippen LogP contribution in [-0.2, 0) is 13.2 Å². The van der Waals surface area contributed by atoms with Gasteiger partial charge in [0.25, 0.3) is 0 Å². The zero-order chi connectivity index (χ0) is 18.4. The molecule has 0 aliphatic heterocycles. The molecule has 0 radical (unpaired) electrons. The summed E-state index contributed by atoms with van der Waals surface area (Å²) in [6.45, 7) is 0.955. The lowest BCUT2D eigenvalue weighted by molar-refractivity contribution is 0.306. The highest BCUT2D eigenvalue weighted by Crippen LogP contribution is 2.19. The van der Waals surface area contributed by atoms with E-state index in [4.69, 9.17) is 28.6 Å². The predicted octanol–water partition coefficient (Wildman–Crippen LogP) is 5.52. The second kappa shape index (κ2) is 8.79. The molecule has 0 spiro atoms. The van der Waals surface area contributed by atoms with Gasteiger partial charge in [-0.1, -0.05) is 54.2 Å². The number of nitrogens with one attached hydrogen (secondary N) is 1. The molecule has 0 saturated carbocycles. The summed E-state index contributed by atoms with van der Waals surface area (Å²) in [5.41, 5.74) is 2.80. The Balaban J connectivity index is 1.54. The lowest BCUT2D eigenvalue weighted by Gasteiger charge is -2.10. The van der Waals surface area contributed by atoms with Crippen molar-refractivity contribution in [1.29, 1.82) is 0 Å². The van der Waals surface area contributed by atoms with Crippen molar-refractivity contribution in [3.63, 3.8) is 0 Å². The van der Waals surface area contributed by atoms with Crippen molar-refractivity contribution in [2.45, 2.75) is 13.2 Å². The molecular weight excluding hydrogens is 369 g/mol. The molecule has 5 heteroatoms. The molecule has 1 N–H and O–H groups in total. The van der Waals surface area contributed by atoms with Gasteiger partial charge in [-0.2, -0.15) is 0 Å². The van der Waals surface area contributed by atoms with E-state index >= 15 is 0 Å². The Kier molecular flexibility index (Phi) is 6.21. The van der Waals surface area contributed by atoms with Crippen LogP contribution in [0.3, 0.4) is 0 Å². The zero-order valence-corrected chi connectivity index (χ0v) is 15.5. The van der Waals surface area contributed by atoms with E-state index in [1.807, 2.05) is 48.5 Å². The van der Waals surface area contributed by atoms with E-state index in [9.17, 15) is 4.39 Å². The SMILES string of the molecule is Fc1ccc(CNC(=S)c2ccc(OCc3ccccc3Cl)cc2)cc1. The summed E-state index contributed by atoms with van der Waals surface area (Å²) in [6.07, 6.45) is 0. The van der Waals surface area contributed by atoms with Crippen molar-refractivity contribution in [2.75, 3.05) is 0 Å². The van der Waals surface area contributed by atoms with Crippen LogP contribution in [0.1, 0.15) is 16.7 Å². The third-order valence-corrected chi connectivity index (χ3v) is 4.58. The van der Waals surface area contributed by atoms with Crippen LogP contribution in [0.5, 0.6) is 5.75 Å². The number of thiocarbonyl (C=S) groups is 1. The largest absolute Gasteiger partial charge is 0.489 e. The fraction of sp³-hybridized carbons (Fsp3) is 0.0952. The maximum Gasteiger partial charge on any atom is 0.123 e. The van der Waals surface area contributed by atoms with Crippen LogP contribution in [0.15, 0.2) is 72.8 Å². The van der Waals surface area contributed by atoms with Gasteiger partial charge in [-0.15, -0.1) is 0 Å². The first kappa shape index (κ1) is 18.4. The Hall–Kier alpha value is -2.43. The van der Waals surface area contributed by atoms with Crippen LogP contribution in [0.4, 0.5) is 4.39 Å². The maximum atomic E-state index is 12.9. The molecule has 2 nitrogen and oxygen atoms in total. The molecule has 0 aliphatic carbocycles. The van der Waals surface area contributed by atoms with Gasteiger partial charge in [-0.05, 0) is 48.0 Å². The highest BCUT2D eigenvalue weighted by Gasteiger charge is 2.04. The third-order valence-electron chi connectivity index (χ3n) is 3.84. The van der Waals surface area contributed by atoms with Gasteiger partial charge in [0, 0.05) is 22.7 Å². The van der Waals surface area contributed by atoms with Crippen molar-refractivity contribution in [1.82, 2.24) is 5.32 Å². The number of ether oxygens (including phenoxy) is 1. The first-order valence-corrected chi connectivity index (χ1v) is 8.89. The Morgan fingerprint density at radius 1 is 0.962 bits per heavy atom. The monoisotopic (exact) mass is 385 g/mol. The van der Waals surface area contributed by atoms with Crippen LogP contribution in [0.25, 0.3) is 0 Å². The quantitative estimate of drug-likeness (QED) is 0.564. The van der Waals surface area contributed by atoms with Gasteiger partial charge in [0.2, 0.25) is 0 Å². The molecule has 0 bridgehead atoms. The Bertz CT molecular complexity index is 881. The Morgan fingerprint density at radius 2 is 1.65 bits per heavy atom. The van der Waals surface area contributed by atoms with Crippen LogP contribution >= 0.6 is 23.8 Å². The summed E-state index contributed by atoms with van der Waals surface area (Å²) >= 11 is 11.5. The number of halogens is 2. The van der Waals surface area contributed by atoms with Crippen molar-refractivity contribution >= 4 is 28.8 Å². The number of hydrogen-bond donors (Lipinski definition) is 1. The fourth-order valence-corrected chi connectivity index (χ4v) is 2.76. The molecule has 3 aromatic carbocycles. The molecule has 0 heterocycles. The molecule has 132 valence electrons. The molecule has 0 saturated heterocycles. The van der Waals surface area contributed by atoms with Crippen LogP contribution < -0.4 is 10.1 Å². The van der Waals surface area contributed by atoms with Gasteiger partial charge in [0.15, 0.2) is 0 Å². The van der Waals surface area contributed by atoms with Gasteiger partial charge in [0.05, 0.1) is 0 Å². The van der Waals surface area contributed by atoms with Crippen LogP contribution in [0, 0.1) is 5.82 Å². The summed E-state index contributed by atoms with van der Waals surface area (Å²) in [5.74, 6) is 0.499. The van der Waals surface area contributed by atoms with Crippen molar-refractivity contribution in [3.8, 4) is 5.75 Å². The average molecular weight is 386 g/mol. The first-order chi connectivity index (χ1) is 12.6. The molecule has 0 fully saturated rings. The highest BCUT2D eigenvalue weighted by atomic mass is 35.5. The van der Waals surface area contributed by atoms with Gasteiger partial charge in [0.1, 0.15) is 23.2 Å². The molecule has 0 unspecified atom stereocenters. The average Bonchev–Trinajstić information content (AvgIpc) is 2.67. The minimum atomic E-state index is -0.247. The fourth-order valence-electron chi connectivity index (χ4n) is 2.37. The number of benzene rings is 3. The molecule has 3 aromatic rings. The smallest absolute Gasteiger partial charge is 0.123 e. The normalized spacial score (nSPS) is 10.4. The van der Waals surface area contributed by atoms with Crippen LogP contribution in [-0.4, -0.2) is 4.99 Å². The lowest BCUT2D eigenvalue weighted by Crippen LogP contribution is -2.21. The molecule has 3 rings (SSSR count). The van der Waals surface area contributed by atoms with E-state index in [1.54, 1.807) is 12.1 Å². The standard InChI is InChI=1S/C21H17ClFNOS/c22-20-4-2-1-3-17(20)14-25-19-11-7-16(8-12-19)21(26)24-13-15-5-9-18(23)10-6-15/h1-12H,13-14H2,(H,24,26). The van der Waals surface area contributed by atoms with Gasteiger partial charge < -0.3 is 10.1 Å². The van der Waals surface area contributed by atoms with E-state index in [2.05, 4.69) is 5.32 Å². The zero-order valence-electron chi connectivity index (χ0n) is 13.9. The van der Waals surface area contributed by atoms with Crippen molar-refractivity contribution < 1.29 is 9.13 Å². The summed E-state index contributed by atoms with van der Waals surface area (Å²) in [5, 5.41) is 3.86. The van der Waals surface area contributed by atoms with Gasteiger partial charge in [-0.25, -0.2) is 4.39 Å². The molecule has 0 aliphatic rings. The summed E-state index contributed by atoms with van der Waals surface area (Å²) < 4.78 is 18.7. The molecular formula is C21H17ClFNOS. The summed E-state index contributed by atoms with van der Waals surface area (Å²) in [4.78, 5) is 0.631. The van der Waals surface area contributed by atoms with Crippen molar-refractivity contribution in [2.24, 2.45) is 0 Å². The van der Waals surface area contributed by atoms with E-state index in [0.29, 0.717) is 23.2 Å². The first-order valence-electron chi connectivity index (χ1n) is 8.11. The topological polar surface area (TPSA) is 21.3 Å². The summed E-state index contributed by atoms with van der Waals surface area (Å²) in [6, 6.07) is 21.5. The van der Waals surface area contributed by atoms with E-state index in [1.165, 1.54) is 12.1 Å². The van der Waals surface area contributed by atoms with Gasteiger partial charge >= 0.3 is 0 Å². The third kappa shape index (κ3) is 5.04. The summed E-state index contributed by atoms with van der Waals surface area (Å²) in [7, 11) is 0. The second-order valence-corrected chi connectivity index (χ2v) is 6.53. The Labute approximate surface area is 162 Å². The number of hydrogen-bond acceptors (Lipinski definition) is 2. The molecule has 0 aromatic heterocycles. The highest BCUT2D eigenvalue weighted by molar-refractivity contribution is 7.80. The van der Waals surface area contributed by atoms with E-state index < -0.39 is 0 Å². The minimum absolute atomic E-state index is 0.247.